The Kier molecular flexibility index (Phi) is 3.48. The van der Waals surface area contributed by atoms with E-state index in [1.807, 2.05) is 27.7 Å². The van der Waals surface area contributed by atoms with Crippen LogP contribution in [0.15, 0.2) is 12.1 Å². The summed E-state index contributed by atoms with van der Waals surface area (Å²) in [6.45, 7) is 7.49. The van der Waals surface area contributed by atoms with Gasteiger partial charge in [-0.15, -0.1) is 0 Å². The number of hydrogen-bond donors (Lipinski definition) is 1. The van der Waals surface area contributed by atoms with Gasteiger partial charge >= 0.3 is 7.12 Å². The molecule has 8 heteroatoms. The minimum absolute atomic E-state index is 0.152. The maximum Gasteiger partial charge on any atom is 0.501 e. The fraction of sp³-hybridized carbons (Fsp3) is 0.500. The van der Waals surface area contributed by atoms with Crippen LogP contribution in [0.4, 0.5) is 11.4 Å². The highest BCUT2D eigenvalue weighted by Crippen LogP contribution is 2.37. The van der Waals surface area contributed by atoms with Crippen molar-refractivity contribution in [3.63, 3.8) is 0 Å². The smallest absolute Gasteiger partial charge is 0.399 e. The summed E-state index contributed by atoms with van der Waals surface area (Å²) in [6, 6.07) is 2.65. The molecule has 0 aromatic heterocycles. The van der Waals surface area contributed by atoms with Crippen LogP contribution in [0.2, 0.25) is 5.02 Å². The van der Waals surface area contributed by atoms with Gasteiger partial charge in [-0.1, -0.05) is 11.6 Å². The zero-order chi connectivity index (χ0) is 15.3. The van der Waals surface area contributed by atoms with Crippen LogP contribution in [0.5, 0.6) is 0 Å². The molecule has 20 heavy (non-hydrogen) atoms. The van der Waals surface area contributed by atoms with Gasteiger partial charge in [-0.3, -0.25) is 10.1 Å². The van der Waals surface area contributed by atoms with Gasteiger partial charge in [0.2, 0.25) is 0 Å². The van der Waals surface area contributed by atoms with Crippen molar-refractivity contribution in [1.82, 2.24) is 0 Å². The molecule has 0 aliphatic carbocycles. The molecule has 2 N–H and O–H groups in total. The van der Waals surface area contributed by atoms with Crippen molar-refractivity contribution in [2.24, 2.45) is 0 Å². The Bertz CT molecular complexity index is 561. The summed E-state index contributed by atoms with van der Waals surface area (Å²) in [6.07, 6.45) is 0. The van der Waals surface area contributed by atoms with E-state index in [0.717, 1.165) is 0 Å². The third-order valence-corrected chi connectivity index (χ3v) is 4.18. The molecule has 2 rings (SSSR count). The summed E-state index contributed by atoms with van der Waals surface area (Å²) < 4.78 is 11.6. The van der Waals surface area contributed by atoms with Gasteiger partial charge in [-0.05, 0) is 33.8 Å². The summed E-state index contributed by atoms with van der Waals surface area (Å²) >= 11 is 5.95. The second-order valence-corrected chi connectivity index (χ2v) is 6.19. The molecule has 1 aliphatic rings. The lowest BCUT2D eigenvalue weighted by Gasteiger charge is -2.32. The Morgan fingerprint density at radius 1 is 1.25 bits per heavy atom. The average molecular weight is 299 g/mol. The highest BCUT2D eigenvalue weighted by atomic mass is 35.5. The molecule has 6 nitrogen and oxygen atoms in total. The number of halogens is 1. The molecular weight excluding hydrogens is 282 g/mol. The van der Waals surface area contributed by atoms with Gasteiger partial charge in [-0.25, -0.2) is 0 Å². The van der Waals surface area contributed by atoms with Crippen LogP contribution in [-0.2, 0) is 9.31 Å². The molecule has 1 aromatic carbocycles. The lowest BCUT2D eigenvalue weighted by atomic mass is 9.77. The average Bonchev–Trinajstić information content (AvgIpc) is 2.51. The van der Waals surface area contributed by atoms with Gasteiger partial charge in [0.25, 0.3) is 5.69 Å². The first-order valence-corrected chi connectivity index (χ1v) is 6.52. The highest BCUT2D eigenvalue weighted by Gasteiger charge is 2.53. The molecule has 1 saturated heterocycles. The Balaban J connectivity index is 2.49. The summed E-state index contributed by atoms with van der Waals surface area (Å²) in [4.78, 5) is 10.6. The number of anilines is 1. The zero-order valence-electron chi connectivity index (χ0n) is 11.8. The standard InChI is InChI=1S/C12H16BClN2O4/c1-11(2)12(3,4)20-13(19-11)7-5-8(14)9(15)6-10(7)16(17)18/h5-6H,15H2,1-4H3. The number of nitro benzene ring substituents is 1. The van der Waals surface area contributed by atoms with Crippen LogP contribution >= 0.6 is 11.6 Å². The van der Waals surface area contributed by atoms with Gasteiger partial charge < -0.3 is 15.0 Å². The monoisotopic (exact) mass is 298 g/mol. The van der Waals surface area contributed by atoms with Crippen LogP contribution in [-0.4, -0.2) is 23.2 Å². The zero-order valence-corrected chi connectivity index (χ0v) is 12.5. The molecule has 1 heterocycles. The Morgan fingerprint density at radius 3 is 2.20 bits per heavy atom. The molecule has 0 radical (unpaired) electrons. The molecule has 0 atom stereocenters. The number of rotatable bonds is 2. The van der Waals surface area contributed by atoms with Gasteiger partial charge in [-0.2, -0.15) is 0 Å². The maximum absolute atomic E-state index is 11.2. The predicted octanol–water partition coefficient (Wildman–Crippen LogP) is 2.13. The number of hydrogen-bond acceptors (Lipinski definition) is 5. The van der Waals surface area contributed by atoms with Crippen molar-refractivity contribution in [1.29, 1.82) is 0 Å². The first-order chi connectivity index (χ1) is 9.05. The van der Waals surface area contributed by atoms with E-state index in [1.54, 1.807) is 0 Å². The first-order valence-electron chi connectivity index (χ1n) is 6.14. The van der Waals surface area contributed by atoms with Crippen LogP contribution < -0.4 is 11.2 Å². The van der Waals surface area contributed by atoms with Crippen LogP contribution in [0, 0.1) is 10.1 Å². The first kappa shape index (κ1) is 15.1. The van der Waals surface area contributed by atoms with E-state index >= 15 is 0 Å². The van der Waals surface area contributed by atoms with E-state index in [9.17, 15) is 10.1 Å². The predicted molar refractivity (Wildman–Crippen MR) is 78.2 cm³/mol. The van der Waals surface area contributed by atoms with Crippen molar-refractivity contribution in [3.05, 3.63) is 27.3 Å². The Labute approximate surface area is 122 Å². The molecule has 108 valence electrons. The lowest BCUT2D eigenvalue weighted by molar-refractivity contribution is -0.383. The van der Waals surface area contributed by atoms with E-state index in [1.165, 1.54) is 12.1 Å². The Hall–Kier alpha value is -1.31. The number of benzene rings is 1. The highest BCUT2D eigenvalue weighted by molar-refractivity contribution is 6.64. The number of nitrogen functional groups attached to an aromatic ring is 1. The fourth-order valence-corrected chi connectivity index (χ4v) is 2.08. The second-order valence-electron chi connectivity index (χ2n) is 5.78. The lowest BCUT2D eigenvalue weighted by Crippen LogP contribution is -2.41. The molecule has 0 unspecified atom stereocenters. The van der Waals surface area contributed by atoms with Gasteiger partial charge in [0.15, 0.2) is 0 Å². The van der Waals surface area contributed by atoms with Gasteiger partial charge in [0.1, 0.15) is 0 Å². The van der Waals surface area contributed by atoms with Gasteiger partial charge in [0.05, 0.1) is 32.3 Å². The van der Waals surface area contributed by atoms with Crippen LogP contribution in [0.1, 0.15) is 27.7 Å². The maximum atomic E-state index is 11.2. The summed E-state index contributed by atoms with van der Waals surface area (Å²) in [5.41, 5.74) is 4.71. The van der Waals surface area contributed by atoms with Gasteiger partial charge in [0, 0.05) is 6.07 Å². The fourth-order valence-electron chi connectivity index (χ4n) is 1.91. The van der Waals surface area contributed by atoms with Crippen molar-refractivity contribution in [2.75, 3.05) is 5.73 Å². The molecule has 1 aliphatic heterocycles. The molecule has 1 fully saturated rings. The number of nitro groups is 1. The summed E-state index contributed by atoms with van der Waals surface area (Å²) in [5, 5.41) is 11.4. The largest absolute Gasteiger partial charge is 0.501 e. The van der Waals surface area contributed by atoms with Crippen LogP contribution in [0.3, 0.4) is 0 Å². The van der Waals surface area contributed by atoms with E-state index in [2.05, 4.69) is 0 Å². The van der Waals surface area contributed by atoms with Crippen molar-refractivity contribution in [3.8, 4) is 0 Å². The molecule has 0 bridgehead atoms. The summed E-state index contributed by atoms with van der Waals surface area (Å²) in [7, 11) is -0.849. The molecule has 0 spiro atoms. The van der Waals surface area contributed by atoms with Crippen molar-refractivity contribution in [2.45, 2.75) is 38.9 Å². The van der Waals surface area contributed by atoms with Crippen molar-refractivity contribution >= 4 is 35.6 Å². The number of nitrogens with zero attached hydrogens (tertiary/aromatic N) is 1. The molecule has 1 aromatic rings. The molecule has 0 amide bonds. The Morgan fingerprint density at radius 2 is 1.75 bits per heavy atom. The molecule has 0 saturated carbocycles. The normalized spacial score (nSPS) is 20.1. The van der Waals surface area contributed by atoms with E-state index in [4.69, 9.17) is 26.6 Å². The van der Waals surface area contributed by atoms with Crippen LogP contribution in [0.25, 0.3) is 0 Å². The minimum atomic E-state index is -0.849. The topological polar surface area (TPSA) is 87.6 Å². The third kappa shape index (κ3) is 2.37. The van der Waals surface area contributed by atoms with E-state index in [0.29, 0.717) is 0 Å². The quantitative estimate of drug-likeness (QED) is 0.391. The second kappa shape index (κ2) is 4.61. The summed E-state index contributed by atoms with van der Waals surface area (Å²) in [5.74, 6) is 0. The SMILES string of the molecule is CC1(C)OB(c2cc(Cl)c(N)cc2[N+](=O)[O-])OC1(C)C. The minimum Gasteiger partial charge on any atom is -0.399 e. The molecular formula is C12H16BClN2O4. The van der Waals surface area contributed by atoms with E-state index in [-0.39, 0.29) is 21.9 Å². The third-order valence-electron chi connectivity index (χ3n) is 3.85. The van der Waals surface area contributed by atoms with Crippen molar-refractivity contribution < 1.29 is 14.2 Å². The van der Waals surface area contributed by atoms with E-state index < -0.39 is 23.2 Å². The number of nitrogens with two attached hydrogens (primary N) is 1.